The molecule has 7 heavy (non-hydrogen) atoms. The molecular formula is C4H7N2P. The van der Waals surface area contributed by atoms with Gasteiger partial charge < -0.3 is 0 Å². The van der Waals surface area contributed by atoms with Crippen molar-refractivity contribution in [1.29, 1.82) is 0 Å². The first kappa shape index (κ1) is 4.79. The molecule has 3 heteroatoms. The number of hydrogen-bond donors (Lipinski definition) is 1. The topological polar surface area (TPSA) is 28.7 Å². The monoisotopic (exact) mass is 114 g/mol. The van der Waals surface area contributed by atoms with Gasteiger partial charge in [-0.25, -0.2) is 0 Å². The standard InChI is InChI=1S/C4H7N2P/c1-3-2-4(7)6-5-3/h2H,7H2,1H3,(H,5,6). The molecule has 0 radical (unpaired) electrons. The summed E-state index contributed by atoms with van der Waals surface area (Å²) in [5.41, 5.74) is 2.07. The molecule has 0 saturated heterocycles. The summed E-state index contributed by atoms with van der Waals surface area (Å²) in [5, 5.41) is 6.65. The molecule has 0 aliphatic rings. The fraction of sp³-hybridized carbons (Fsp3) is 0.250. The van der Waals surface area contributed by atoms with Crippen LogP contribution in [0.2, 0.25) is 0 Å². The average molecular weight is 114 g/mol. The lowest BCUT2D eigenvalue weighted by molar-refractivity contribution is 1.06. The van der Waals surface area contributed by atoms with E-state index in [-0.39, 0.29) is 0 Å². The summed E-state index contributed by atoms with van der Waals surface area (Å²) >= 11 is 0. The van der Waals surface area contributed by atoms with Gasteiger partial charge in [0.15, 0.2) is 0 Å². The largest absolute Gasteiger partial charge is 0.282 e. The summed E-state index contributed by atoms with van der Waals surface area (Å²) < 4.78 is 0. The van der Waals surface area contributed by atoms with Gasteiger partial charge in [0, 0.05) is 5.69 Å². The van der Waals surface area contributed by atoms with Crippen molar-refractivity contribution in [2.45, 2.75) is 6.92 Å². The van der Waals surface area contributed by atoms with Gasteiger partial charge in [-0.15, -0.1) is 0 Å². The minimum Gasteiger partial charge on any atom is -0.282 e. The SMILES string of the molecule is Cc1cc(P)n[nH]1. The summed E-state index contributed by atoms with van der Waals surface area (Å²) in [6.45, 7) is 1.97. The Morgan fingerprint density at radius 2 is 2.57 bits per heavy atom. The van der Waals surface area contributed by atoms with Crippen LogP contribution in [0.3, 0.4) is 0 Å². The Labute approximate surface area is 44.5 Å². The van der Waals surface area contributed by atoms with E-state index in [1.54, 1.807) is 0 Å². The molecule has 38 valence electrons. The molecule has 0 aliphatic heterocycles. The van der Waals surface area contributed by atoms with Crippen molar-refractivity contribution in [2.75, 3.05) is 0 Å². The van der Waals surface area contributed by atoms with Crippen LogP contribution >= 0.6 is 9.24 Å². The third-order valence-corrected chi connectivity index (χ3v) is 1.02. The molecule has 1 heterocycles. The van der Waals surface area contributed by atoms with Crippen LogP contribution in [0.4, 0.5) is 0 Å². The van der Waals surface area contributed by atoms with Gasteiger partial charge in [-0.1, -0.05) is 9.24 Å². The number of nitrogens with zero attached hydrogens (tertiary/aromatic N) is 1. The van der Waals surface area contributed by atoms with Gasteiger partial charge in [-0.3, -0.25) is 5.10 Å². The molecule has 1 atom stereocenters. The highest BCUT2D eigenvalue weighted by molar-refractivity contribution is 7.26. The molecule has 0 aromatic carbocycles. The van der Waals surface area contributed by atoms with E-state index < -0.39 is 0 Å². The van der Waals surface area contributed by atoms with Crippen molar-refractivity contribution in [3.05, 3.63) is 11.8 Å². The predicted molar refractivity (Wildman–Crippen MR) is 32.7 cm³/mol. The Morgan fingerprint density at radius 3 is 2.71 bits per heavy atom. The fourth-order valence-corrected chi connectivity index (χ4v) is 0.754. The lowest BCUT2D eigenvalue weighted by Crippen LogP contribution is -1.85. The Bertz CT molecular complexity index is 142. The maximum atomic E-state index is 3.85. The second-order valence-corrected chi connectivity index (χ2v) is 2.07. The van der Waals surface area contributed by atoms with E-state index in [0.29, 0.717) is 0 Å². The first-order valence-electron chi connectivity index (χ1n) is 2.06. The van der Waals surface area contributed by atoms with Crippen molar-refractivity contribution in [3.8, 4) is 0 Å². The number of rotatable bonds is 0. The molecule has 1 rings (SSSR count). The van der Waals surface area contributed by atoms with E-state index in [4.69, 9.17) is 0 Å². The highest BCUT2D eigenvalue weighted by Crippen LogP contribution is 1.86. The minimum absolute atomic E-state index is 0.970. The molecule has 0 spiro atoms. The van der Waals surface area contributed by atoms with E-state index in [1.165, 1.54) is 0 Å². The molecule has 0 amide bonds. The molecule has 1 aromatic heterocycles. The molecule has 1 unspecified atom stereocenters. The summed E-state index contributed by atoms with van der Waals surface area (Å²) in [4.78, 5) is 0. The van der Waals surface area contributed by atoms with Crippen LogP contribution in [0.5, 0.6) is 0 Å². The highest BCUT2D eigenvalue weighted by atomic mass is 31.0. The van der Waals surface area contributed by atoms with E-state index in [0.717, 1.165) is 11.1 Å². The molecule has 0 fully saturated rings. The Hall–Kier alpha value is -0.360. The van der Waals surface area contributed by atoms with Crippen molar-refractivity contribution in [1.82, 2.24) is 10.2 Å². The number of aromatic nitrogens is 2. The number of H-pyrrole nitrogens is 1. The van der Waals surface area contributed by atoms with Crippen LogP contribution in [0.15, 0.2) is 6.07 Å². The van der Waals surface area contributed by atoms with E-state index in [1.807, 2.05) is 13.0 Å². The minimum atomic E-state index is 0.970. The smallest absolute Gasteiger partial charge is 0.0789 e. The number of aryl methyl sites for hydroxylation is 1. The summed E-state index contributed by atoms with van der Waals surface area (Å²) in [6, 6.07) is 1.96. The van der Waals surface area contributed by atoms with Crippen LogP contribution in [-0.4, -0.2) is 10.2 Å². The first-order chi connectivity index (χ1) is 3.29. The lowest BCUT2D eigenvalue weighted by Gasteiger charge is -1.68. The van der Waals surface area contributed by atoms with Crippen molar-refractivity contribution in [3.63, 3.8) is 0 Å². The van der Waals surface area contributed by atoms with Crippen LogP contribution in [0.25, 0.3) is 0 Å². The summed E-state index contributed by atoms with van der Waals surface area (Å²) in [6.07, 6.45) is 0. The van der Waals surface area contributed by atoms with Crippen molar-refractivity contribution >= 4 is 14.7 Å². The molecular weight excluding hydrogens is 107 g/mol. The summed E-state index contributed by atoms with van der Waals surface area (Å²) in [7, 11) is 2.51. The van der Waals surface area contributed by atoms with E-state index in [2.05, 4.69) is 19.4 Å². The van der Waals surface area contributed by atoms with Crippen LogP contribution in [-0.2, 0) is 0 Å². The highest BCUT2D eigenvalue weighted by Gasteiger charge is 1.84. The van der Waals surface area contributed by atoms with Gasteiger partial charge in [0.1, 0.15) is 0 Å². The second kappa shape index (κ2) is 1.63. The quantitative estimate of drug-likeness (QED) is 0.480. The van der Waals surface area contributed by atoms with Crippen LogP contribution in [0, 0.1) is 6.92 Å². The van der Waals surface area contributed by atoms with Gasteiger partial charge in [0.05, 0.1) is 5.44 Å². The Balaban J connectivity index is 3.04. The van der Waals surface area contributed by atoms with Crippen LogP contribution < -0.4 is 5.44 Å². The third-order valence-electron chi connectivity index (χ3n) is 0.726. The van der Waals surface area contributed by atoms with Crippen LogP contribution in [0.1, 0.15) is 5.69 Å². The zero-order valence-electron chi connectivity index (χ0n) is 4.10. The lowest BCUT2D eigenvalue weighted by atomic mass is 10.5. The first-order valence-corrected chi connectivity index (χ1v) is 2.64. The van der Waals surface area contributed by atoms with Crippen molar-refractivity contribution in [2.24, 2.45) is 0 Å². The van der Waals surface area contributed by atoms with E-state index in [9.17, 15) is 0 Å². The van der Waals surface area contributed by atoms with Gasteiger partial charge >= 0.3 is 0 Å². The summed E-state index contributed by atoms with van der Waals surface area (Å²) in [5.74, 6) is 0. The van der Waals surface area contributed by atoms with E-state index >= 15 is 0 Å². The third kappa shape index (κ3) is 1.00. The fourth-order valence-electron chi connectivity index (χ4n) is 0.439. The number of aromatic amines is 1. The molecule has 1 aromatic rings. The van der Waals surface area contributed by atoms with Gasteiger partial charge in [0.25, 0.3) is 0 Å². The molecule has 0 bridgehead atoms. The maximum absolute atomic E-state index is 3.85. The second-order valence-electron chi connectivity index (χ2n) is 1.48. The molecule has 0 saturated carbocycles. The van der Waals surface area contributed by atoms with Gasteiger partial charge in [0.2, 0.25) is 0 Å². The number of hydrogen-bond acceptors (Lipinski definition) is 1. The zero-order valence-corrected chi connectivity index (χ0v) is 5.26. The normalized spacial score (nSPS) is 9.43. The van der Waals surface area contributed by atoms with Crippen molar-refractivity contribution < 1.29 is 0 Å². The molecule has 2 nitrogen and oxygen atoms in total. The van der Waals surface area contributed by atoms with Gasteiger partial charge in [-0.05, 0) is 13.0 Å². The number of nitrogens with one attached hydrogen (secondary N) is 1. The Kier molecular flexibility index (Phi) is 1.11. The zero-order chi connectivity index (χ0) is 5.28. The van der Waals surface area contributed by atoms with Gasteiger partial charge in [-0.2, -0.15) is 5.10 Å². The average Bonchev–Trinajstić information content (AvgIpc) is 1.87. The predicted octanol–water partition coefficient (Wildman–Crippen LogP) is 0.219. The molecule has 1 N–H and O–H groups in total. The molecule has 0 aliphatic carbocycles. The maximum Gasteiger partial charge on any atom is 0.0789 e. The Morgan fingerprint density at radius 1 is 1.86 bits per heavy atom.